The van der Waals surface area contributed by atoms with Gasteiger partial charge >= 0.3 is 0 Å². The summed E-state index contributed by atoms with van der Waals surface area (Å²) >= 11 is 5.97. The number of nitrogens with zero attached hydrogens (tertiary/aromatic N) is 1. The first-order valence-electron chi connectivity index (χ1n) is 5.90. The van der Waals surface area contributed by atoms with Gasteiger partial charge in [0, 0.05) is 5.56 Å². The van der Waals surface area contributed by atoms with Gasteiger partial charge in [-0.2, -0.15) is 0 Å². The topological polar surface area (TPSA) is 63.4 Å². The molecule has 1 amide bonds. The zero-order valence-corrected chi connectivity index (χ0v) is 10.7. The van der Waals surface area contributed by atoms with E-state index in [0.29, 0.717) is 10.6 Å². The normalized spacial score (nSPS) is 19.9. The van der Waals surface area contributed by atoms with E-state index in [2.05, 4.69) is 0 Å². The molecule has 1 saturated heterocycles. The molecule has 18 heavy (non-hydrogen) atoms. The molecule has 1 heterocycles. The maximum atomic E-state index is 12.1. The number of carbonyl (C=O) groups excluding carboxylic acids is 2. The van der Waals surface area contributed by atoms with Crippen LogP contribution in [0.4, 0.5) is 0 Å². The van der Waals surface area contributed by atoms with Gasteiger partial charge < -0.3 is 5.73 Å². The fourth-order valence-corrected chi connectivity index (χ4v) is 2.54. The summed E-state index contributed by atoms with van der Waals surface area (Å²) in [6.07, 6.45) is 1.62. The Hall–Kier alpha value is -1.39. The molecule has 1 unspecified atom stereocenters. The minimum absolute atomic E-state index is 0.0752. The molecule has 0 bridgehead atoms. The van der Waals surface area contributed by atoms with Crippen LogP contribution in [0.2, 0.25) is 5.02 Å². The number of amides is 1. The fraction of sp³-hybridized carbons (Fsp3) is 0.385. The van der Waals surface area contributed by atoms with Crippen molar-refractivity contribution in [2.24, 2.45) is 5.73 Å². The Labute approximate surface area is 111 Å². The number of Topliss-reactive ketones (excluding diaryl/α,β-unsaturated/α-hetero) is 1. The van der Waals surface area contributed by atoms with Gasteiger partial charge in [-0.15, -0.1) is 0 Å². The van der Waals surface area contributed by atoms with E-state index in [9.17, 15) is 9.59 Å². The van der Waals surface area contributed by atoms with Gasteiger partial charge in [0.1, 0.15) is 0 Å². The number of hydrogen-bond acceptors (Lipinski definition) is 3. The van der Waals surface area contributed by atoms with Crippen LogP contribution in [0.5, 0.6) is 0 Å². The second kappa shape index (κ2) is 5.50. The summed E-state index contributed by atoms with van der Waals surface area (Å²) in [4.78, 5) is 25.2. The first kappa shape index (κ1) is 13.1. The van der Waals surface area contributed by atoms with Crippen LogP contribution in [0, 0.1) is 0 Å². The molecule has 1 aromatic carbocycles. The first-order valence-corrected chi connectivity index (χ1v) is 6.28. The summed E-state index contributed by atoms with van der Waals surface area (Å²) in [5.74, 6) is -0.437. The lowest BCUT2D eigenvalue weighted by Gasteiger charge is -2.20. The van der Waals surface area contributed by atoms with Crippen molar-refractivity contribution in [2.75, 3.05) is 13.1 Å². The summed E-state index contributed by atoms with van der Waals surface area (Å²) in [5, 5.41) is 0.442. The number of carbonyl (C=O) groups is 2. The molecule has 1 aliphatic heterocycles. The molecule has 1 aliphatic rings. The molecule has 0 spiro atoms. The van der Waals surface area contributed by atoms with Crippen LogP contribution in [0.1, 0.15) is 23.2 Å². The third-order valence-electron chi connectivity index (χ3n) is 3.21. The highest BCUT2D eigenvalue weighted by atomic mass is 35.5. The van der Waals surface area contributed by atoms with Crippen molar-refractivity contribution in [1.82, 2.24) is 4.90 Å². The van der Waals surface area contributed by atoms with E-state index in [-0.39, 0.29) is 24.3 Å². The number of halogens is 1. The Morgan fingerprint density at radius 2 is 2.11 bits per heavy atom. The summed E-state index contributed by atoms with van der Waals surface area (Å²) < 4.78 is 0. The lowest BCUT2D eigenvalue weighted by atomic mass is 10.1. The quantitative estimate of drug-likeness (QED) is 0.840. The van der Waals surface area contributed by atoms with Crippen LogP contribution in [0.25, 0.3) is 0 Å². The predicted octanol–water partition coefficient (Wildman–Crippen LogP) is 1.47. The molecule has 1 fully saturated rings. The van der Waals surface area contributed by atoms with E-state index in [0.717, 1.165) is 19.4 Å². The van der Waals surface area contributed by atoms with E-state index in [1.807, 2.05) is 4.90 Å². The van der Waals surface area contributed by atoms with E-state index < -0.39 is 0 Å². The smallest absolute Gasteiger partial charge is 0.234 e. The molecule has 1 atom stereocenters. The molecule has 0 saturated carbocycles. The van der Waals surface area contributed by atoms with Crippen molar-refractivity contribution in [1.29, 1.82) is 0 Å². The Balaban J connectivity index is 2.08. The minimum atomic E-state index is -0.362. The van der Waals surface area contributed by atoms with Crippen molar-refractivity contribution in [2.45, 2.75) is 18.9 Å². The zero-order chi connectivity index (χ0) is 13.1. The van der Waals surface area contributed by atoms with E-state index in [4.69, 9.17) is 17.3 Å². The Bertz CT molecular complexity index is 476. The molecule has 5 heteroatoms. The Morgan fingerprint density at radius 1 is 1.39 bits per heavy atom. The van der Waals surface area contributed by atoms with Gasteiger partial charge in [-0.25, -0.2) is 0 Å². The van der Waals surface area contributed by atoms with Crippen LogP contribution in [0.15, 0.2) is 24.3 Å². The molecule has 4 nitrogen and oxygen atoms in total. The highest BCUT2D eigenvalue weighted by molar-refractivity contribution is 6.34. The lowest BCUT2D eigenvalue weighted by Crippen LogP contribution is -2.42. The average molecular weight is 267 g/mol. The molecule has 2 N–H and O–H groups in total. The summed E-state index contributed by atoms with van der Waals surface area (Å²) in [7, 11) is 0. The van der Waals surface area contributed by atoms with Gasteiger partial charge in [0.15, 0.2) is 5.78 Å². The minimum Gasteiger partial charge on any atom is -0.368 e. The summed E-state index contributed by atoms with van der Waals surface area (Å²) in [6, 6.07) is 6.61. The van der Waals surface area contributed by atoms with Crippen LogP contribution in [-0.2, 0) is 4.79 Å². The number of rotatable bonds is 4. The number of benzene rings is 1. The van der Waals surface area contributed by atoms with Crippen LogP contribution >= 0.6 is 11.6 Å². The third kappa shape index (κ3) is 2.71. The van der Waals surface area contributed by atoms with Crippen LogP contribution in [0.3, 0.4) is 0 Å². The molecule has 0 aromatic heterocycles. The van der Waals surface area contributed by atoms with E-state index in [1.165, 1.54) is 0 Å². The maximum Gasteiger partial charge on any atom is 0.234 e. The summed E-state index contributed by atoms with van der Waals surface area (Å²) in [5.41, 5.74) is 5.81. The second-order valence-corrected chi connectivity index (χ2v) is 4.84. The van der Waals surface area contributed by atoms with Gasteiger partial charge in [-0.3, -0.25) is 14.5 Å². The lowest BCUT2D eigenvalue weighted by molar-refractivity contribution is -0.122. The number of nitrogens with two attached hydrogens (primary N) is 1. The van der Waals surface area contributed by atoms with Crippen LogP contribution in [-0.4, -0.2) is 35.7 Å². The molecular formula is C13H15ClN2O2. The largest absolute Gasteiger partial charge is 0.368 e. The molecule has 0 radical (unpaired) electrons. The van der Waals surface area contributed by atoms with Gasteiger partial charge in [0.05, 0.1) is 17.6 Å². The first-order chi connectivity index (χ1) is 8.59. The standard InChI is InChI=1S/C13H15ClN2O2/c14-10-5-2-1-4-9(10)12(17)8-16-7-3-6-11(16)13(15)18/h1-2,4-5,11H,3,6-8H2,(H2,15,18). The SMILES string of the molecule is NC(=O)C1CCCN1CC(=O)c1ccccc1Cl. The van der Waals surface area contributed by atoms with Gasteiger partial charge in [-0.1, -0.05) is 23.7 Å². The third-order valence-corrected chi connectivity index (χ3v) is 3.54. The van der Waals surface area contributed by atoms with Gasteiger partial charge in [0.2, 0.25) is 5.91 Å². The highest BCUT2D eigenvalue weighted by Gasteiger charge is 2.30. The number of likely N-dealkylation sites (tertiary alicyclic amines) is 1. The number of primary amides is 1. The molecular weight excluding hydrogens is 252 g/mol. The zero-order valence-electron chi connectivity index (χ0n) is 9.93. The Morgan fingerprint density at radius 3 is 2.78 bits per heavy atom. The molecule has 96 valence electrons. The van der Waals surface area contributed by atoms with Crippen molar-refractivity contribution in [3.05, 3.63) is 34.9 Å². The Kier molecular flexibility index (Phi) is 3.99. The number of hydrogen-bond donors (Lipinski definition) is 1. The van der Waals surface area contributed by atoms with Crippen molar-refractivity contribution in [3.63, 3.8) is 0 Å². The van der Waals surface area contributed by atoms with E-state index >= 15 is 0 Å². The molecule has 2 rings (SSSR count). The van der Waals surface area contributed by atoms with Crippen molar-refractivity contribution < 1.29 is 9.59 Å². The van der Waals surface area contributed by atoms with Gasteiger partial charge in [0.25, 0.3) is 0 Å². The molecule has 1 aromatic rings. The monoisotopic (exact) mass is 266 g/mol. The highest BCUT2D eigenvalue weighted by Crippen LogP contribution is 2.20. The van der Waals surface area contributed by atoms with Crippen molar-refractivity contribution in [3.8, 4) is 0 Å². The van der Waals surface area contributed by atoms with E-state index in [1.54, 1.807) is 24.3 Å². The second-order valence-electron chi connectivity index (χ2n) is 4.43. The van der Waals surface area contributed by atoms with Gasteiger partial charge in [-0.05, 0) is 31.5 Å². The predicted molar refractivity (Wildman–Crippen MR) is 69.6 cm³/mol. The summed E-state index contributed by atoms with van der Waals surface area (Å²) in [6.45, 7) is 0.918. The van der Waals surface area contributed by atoms with Crippen LogP contribution < -0.4 is 5.73 Å². The number of ketones is 1. The van der Waals surface area contributed by atoms with Crippen molar-refractivity contribution >= 4 is 23.3 Å². The fourth-order valence-electron chi connectivity index (χ4n) is 2.29. The maximum absolute atomic E-state index is 12.1. The average Bonchev–Trinajstić information content (AvgIpc) is 2.77. The molecule has 0 aliphatic carbocycles.